The molecule has 1 heterocycles. The van der Waals surface area contributed by atoms with Crippen molar-refractivity contribution in [3.8, 4) is 11.5 Å². The number of rotatable bonds is 8. The number of aromatic nitrogens is 3. The molecule has 0 spiro atoms. The lowest BCUT2D eigenvalue weighted by Gasteiger charge is -2.18. The Morgan fingerprint density at radius 1 is 1.20 bits per heavy atom. The smallest absolute Gasteiger partial charge is 0.328 e. The second-order valence-electron chi connectivity index (χ2n) is 5.20. The molecule has 0 aliphatic rings. The lowest BCUT2D eigenvalue weighted by atomic mass is 10.2. The van der Waals surface area contributed by atoms with Gasteiger partial charge in [-0.1, -0.05) is 11.3 Å². The number of hydrogen-bond donors (Lipinski definition) is 0. The van der Waals surface area contributed by atoms with Crippen molar-refractivity contribution in [3.63, 3.8) is 0 Å². The molecule has 0 aliphatic carbocycles. The zero-order valence-corrected chi connectivity index (χ0v) is 14.3. The summed E-state index contributed by atoms with van der Waals surface area (Å²) < 4.78 is 16.7. The fraction of sp³-hybridized carbons (Fsp3) is 0.375. The summed E-state index contributed by atoms with van der Waals surface area (Å²) in [4.78, 5) is 25.2. The third-order valence-electron chi connectivity index (χ3n) is 3.41. The van der Waals surface area contributed by atoms with Crippen molar-refractivity contribution in [1.29, 1.82) is 0 Å². The van der Waals surface area contributed by atoms with Gasteiger partial charge < -0.3 is 19.1 Å². The molecule has 0 bridgehead atoms. The summed E-state index contributed by atoms with van der Waals surface area (Å²) in [7, 11) is 4.73. The van der Waals surface area contributed by atoms with Gasteiger partial charge in [-0.15, -0.1) is 5.10 Å². The maximum absolute atomic E-state index is 12.1. The summed E-state index contributed by atoms with van der Waals surface area (Å²) in [5.74, 6) is 0.322. The van der Waals surface area contributed by atoms with Crippen LogP contribution in [0, 0.1) is 0 Å². The van der Waals surface area contributed by atoms with Crippen LogP contribution in [-0.2, 0) is 27.4 Å². The van der Waals surface area contributed by atoms with E-state index < -0.39 is 5.97 Å². The highest BCUT2D eigenvalue weighted by Gasteiger charge is 2.14. The van der Waals surface area contributed by atoms with Gasteiger partial charge in [0.15, 0.2) is 18.1 Å². The quantitative estimate of drug-likeness (QED) is 0.641. The van der Waals surface area contributed by atoms with Crippen LogP contribution in [-0.4, -0.2) is 59.6 Å². The fourth-order valence-electron chi connectivity index (χ4n) is 2.09. The van der Waals surface area contributed by atoms with Crippen molar-refractivity contribution in [3.05, 3.63) is 36.2 Å². The van der Waals surface area contributed by atoms with Gasteiger partial charge in [0, 0.05) is 19.8 Å². The van der Waals surface area contributed by atoms with E-state index in [1.54, 1.807) is 33.4 Å². The molecule has 0 saturated carbocycles. The summed E-state index contributed by atoms with van der Waals surface area (Å²) in [6.45, 7) is -0.0796. The number of hydrogen-bond acceptors (Lipinski definition) is 7. The second kappa shape index (κ2) is 8.67. The summed E-state index contributed by atoms with van der Waals surface area (Å²) >= 11 is 0. The standard InChI is InChI=1S/C16H20N4O5/c1-19(9-12-4-5-13(23-2)14(8-12)24-3)15(21)11-25-16(22)10-20-7-6-17-18-20/h4-8H,9-11H2,1-3H3. The monoisotopic (exact) mass is 348 g/mol. The molecule has 0 atom stereocenters. The Morgan fingerprint density at radius 2 is 1.96 bits per heavy atom. The molecular weight excluding hydrogens is 328 g/mol. The molecule has 0 radical (unpaired) electrons. The topological polar surface area (TPSA) is 95.8 Å². The zero-order valence-electron chi connectivity index (χ0n) is 14.3. The van der Waals surface area contributed by atoms with Crippen LogP contribution in [0.25, 0.3) is 0 Å². The molecule has 9 nitrogen and oxygen atoms in total. The fourth-order valence-corrected chi connectivity index (χ4v) is 2.09. The zero-order chi connectivity index (χ0) is 18.2. The Labute approximate surface area is 145 Å². The Bertz CT molecular complexity index is 717. The van der Waals surface area contributed by atoms with Crippen LogP contribution in [0.4, 0.5) is 0 Å². The van der Waals surface area contributed by atoms with Gasteiger partial charge in [-0.3, -0.25) is 9.59 Å². The lowest BCUT2D eigenvalue weighted by molar-refractivity contribution is -0.152. The van der Waals surface area contributed by atoms with E-state index in [9.17, 15) is 9.59 Å². The van der Waals surface area contributed by atoms with E-state index in [0.29, 0.717) is 18.0 Å². The minimum absolute atomic E-state index is 0.0906. The number of nitrogens with zero attached hydrogens (tertiary/aromatic N) is 4. The highest BCUT2D eigenvalue weighted by molar-refractivity contribution is 5.80. The summed E-state index contributed by atoms with van der Waals surface area (Å²) in [6.07, 6.45) is 2.99. The number of likely N-dealkylation sites (N-methyl/N-ethyl adjacent to an activating group) is 1. The number of methoxy groups -OCH3 is 2. The average molecular weight is 348 g/mol. The molecule has 0 saturated heterocycles. The Hall–Kier alpha value is -3.10. The van der Waals surface area contributed by atoms with Crippen molar-refractivity contribution in [2.75, 3.05) is 27.9 Å². The first-order valence-corrected chi connectivity index (χ1v) is 7.48. The molecule has 1 aromatic carbocycles. The van der Waals surface area contributed by atoms with Gasteiger partial charge in [0.1, 0.15) is 6.54 Å². The van der Waals surface area contributed by atoms with Crippen LogP contribution in [0.5, 0.6) is 11.5 Å². The lowest BCUT2D eigenvalue weighted by Crippen LogP contribution is -2.31. The molecule has 0 N–H and O–H groups in total. The van der Waals surface area contributed by atoms with Crippen molar-refractivity contribution in [2.24, 2.45) is 0 Å². The Kier molecular flexibility index (Phi) is 6.33. The highest BCUT2D eigenvalue weighted by Crippen LogP contribution is 2.27. The normalized spacial score (nSPS) is 10.2. The second-order valence-corrected chi connectivity index (χ2v) is 5.20. The minimum atomic E-state index is -0.557. The largest absolute Gasteiger partial charge is 0.493 e. The van der Waals surface area contributed by atoms with Gasteiger partial charge in [0.05, 0.1) is 20.4 Å². The molecule has 2 aromatic rings. The molecule has 0 aliphatic heterocycles. The van der Waals surface area contributed by atoms with Gasteiger partial charge in [0.2, 0.25) is 0 Å². The van der Waals surface area contributed by atoms with Gasteiger partial charge in [0.25, 0.3) is 5.91 Å². The molecule has 1 aromatic heterocycles. The molecular formula is C16H20N4O5. The van der Waals surface area contributed by atoms with Gasteiger partial charge in [-0.05, 0) is 17.7 Å². The maximum atomic E-state index is 12.1. The molecule has 9 heteroatoms. The van der Waals surface area contributed by atoms with E-state index in [4.69, 9.17) is 14.2 Å². The summed E-state index contributed by atoms with van der Waals surface area (Å²) in [5, 5.41) is 7.24. The first-order chi connectivity index (χ1) is 12.0. The third kappa shape index (κ3) is 5.20. The maximum Gasteiger partial charge on any atom is 0.328 e. The number of benzene rings is 1. The molecule has 1 amide bonds. The van der Waals surface area contributed by atoms with E-state index in [1.165, 1.54) is 22.0 Å². The van der Waals surface area contributed by atoms with Gasteiger partial charge in [-0.25, -0.2) is 4.68 Å². The van der Waals surface area contributed by atoms with Crippen molar-refractivity contribution >= 4 is 11.9 Å². The first kappa shape index (κ1) is 18.2. The number of amides is 1. The predicted molar refractivity (Wildman–Crippen MR) is 87.0 cm³/mol. The Morgan fingerprint density at radius 3 is 2.60 bits per heavy atom. The third-order valence-corrected chi connectivity index (χ3v) is 3.41. The van der Waals surface area contributed by atoms with Crippen LogP contribution in [0.1, 0.15) is 5.56 Å². The van der Waals surface area contributed by atoms with Crippen LogP contribution in [0.3, 0.4) is 0 Å². The summed E-state index contributed by atoms with van der Waals surface area (Å²) in [5.41, 5.74) is 0.863. The van der Waals surface area contributed by atoms with E-state index in [2.05, 4.69) is 10.3 Å². The Balaban J connectivity index is 1.84. The van der Waals surface area contributed by atoms with E-state index in [0.717, 1.165) is 5.56 Å². The van der Waals surface area contributed by atoms with E-state index in [1.807, 2.05) is 6.07 Å². The van der Waals surface area contributed by atoms with Gasteiger partial charge in [-0.2, -0.15) is 0 Å². The van der Waals surface area contributed by atoms with Crippen LogP contribution in [0.2, 0.25) is 0 Å². The SMILES string of the molecule is COc1ccc(CN(C)C(=O)COC(=O)Cn2ccnn2)cc1OC. The molecule has 134 valence electrons. The molecule has 0 unspecified atom stereocenters. The highest BCUT2D eigenvalue weighted by atomic mass is 16.5. The minimum Gasteiger partial charge on any atom is -0.493 e. The number of esters is 1. The molecule has 2 rings (SSSR count). The van der Waals surface area contributed by atoms with Gasteiger partial charge >= 0.3 is 5.97 Å². The van der Waals surface area contributed by atoms with E-state index in [-0.39, 0.29) is 19.1 Å². The first-order valence-electron chi connectivity index (χ1n) is 7.48. The average Bonchev–Trinajstić information content (AvgIpc) is 3.12. The van der Waals surface area contributed by atoms with Crippen molar-refractivity contribution < 1.29 is 23.8 Å². The number of carbonyl (C=O) groups excluding carboxylic acids is 2. The number of carbonyl (C=O) groups is 2. The number of ether oxygens (including phenoxy) is 3. The molecule has 25 heavy (non-hydrogen) atoms. The van der Waals surface area contributed by atoms with Crippen molar-refractivity contribution in [2.45, 2.75) is 13.1 Å². The van der Waals surface area contributed by atoms with Crippen LogP contribution >= 0.6 is 0 Å². The summed E-state index contributed by atoms with van der Waals surface area (Å²) in [6, 6.07) is 5.39. The van der Waals surface area contributed by atoms with E-state index >= 15 is 0 Å². The predicted octanol–water partition coefficient (Wildman–Crippen LogP) is 0.497. The van der Waals surface area contributed by atoms with Crippen LogP contribution < -0.4 is 9.47 Å². The van der Waals surface area contributed by atoms with Crippen molar-refractivity contribution in [1.82, 2.24) is 19.9 Å². The van der Waals surface area contributed by atoms with Crippen LogP contribution in [0.15, 0.2) is 30.6 Å². The molecule has 0 fully saturated rings.